The fraction of sp³-hybridized carbons (Fsp3) is 0.500. The fourth-order valence-electron chi connectivity index (χ4n) is 1.59. The minimum Gasteiger partial charge on any atom is -0.376 e. The van der Waals surface area contributed by atoms with Gasteiger partial charge in [-0.15, -0.1) is 0 Å². The van der Waals surface area contributed by atoms with Gasteiger partial charge in [-0.25, -0.2) is 0 Å². The van der Waals surface area contributed by atoms with Crippen LogP contribution in [-0.2, 0) is 13.6 Å². The zero-order chi connectivity index (χ0) is 12.9. The number of hydrogen-bond donors (Lipinski definition) is 1. The van der Waals surface area contributed by atoms with E-state index in [1.54, 1.807) is 26.0 Å². The Hall–Kier alpha value is -0.670. The molecule has 0 fully saturated rings. The number of benzene rings is 1. The first kappa shape index (κ1) is 14.4. The van der Waals surface area contributed by atoms with Crippen molar-refractivity contribution in [1.82, 2.24) is 0 Å². The molecule has 0 aliphatic carbocycles. The molecule has 0 aliphatic heterocycles. The van der Waals surface area contributed by atoms with Crippen molar-refractivity contribution in [1.29, 1.82) is 0 Å². The maximum atomic E-state index is 12.4. The highest BCUT2D eigenvalue weighted by Crippen LogP contribution is 2.59. The Morgan fingerprint density at radius 3 is 2.24 bits per heavy atom. The molecule has 0 aliphatic rings. The molecule has 1 rings (SSSR count). The SMILES string of the molecule is CCOP(=O)(OCC)[C@@H](O)c1ccccc1C. The van der Waals surface area contributed by atoms with E-state index in [9.17, 15) is 9.67 Å². The predicted octanol–water partition coefficient (Wildman–Crippen LogP) is 3.25. The molecule has 1 aromatic carbocycles. The van der Waals surface area contributed by atoms with E-state index >= 15 is 0 Å². The minimum atomic E-state index is -3.50. The van der Waals surface area contributed by atoms with Crippen LogP contribution in [0.15, 0.2) is 24.3 Å². The standard InChI is InChI=1S/C12H19O4P/c1-4-15-17(14,16-5-2)12(13)11-9-7-6-8-10(11)3/h6-9,12-13H,4-5H2,1-3H3/t12-/m1/s1. The first-order chi connectivity index (χ1) is 8.05. The molecule has 1 atom stereocenters. The van der Waals surface area contributed by atoms with Gasteiger partial charge in [0.1, 0.15) is 0 Å². The number of rotatable bonds is 6. The molecule has 0 spiro atoms. The number of aliphatic hydroxyl groups is 1. The Labute approximate surface area is 102 Å². The topological polar surface area (TPSA) is 55.8 Å². The second-order valence-corrected chi connectivity index (χ2v) is 5.69. The summed E-state index contributed by atoms with van der Waals surface area (Å²) in [6.45, 7) is 5.76. The Morgan fingerprint density at radius 1 is 1.24 bits per heavy atom. The van der Waals surface area contributed by atoms with E-state index in [1.807, 2.05) is 19.1 Å². The van der Waals surface area contributed by atoms with Gasteiger partial charge in [0.15, 0.2) is 5.85 Å². The van der Waals surface area contributed by atoms with E-state index in [-0.39, 0.29) is 13.2 Å². The van der Waals surface area contributed by atoms with Gasteiger partial charge in [-0.05, 0) is 31.9 Å². The summed E-state index contributed by atoms with van der Waals surface area (Å²) in [5.74, 6) is -1.23. The molecule has 0 amide bonds. The van der Waals surface area contributed by atoms with Crippen molar-refractivity contribution < 1.29 is 18.7 Å². The molecular weight excluding hydrogens is 239 g/mol. The minimum absolute atomic E-state index is 0.236. The van der Waals surface area contributed by atoms with E-state index in [0.29, 0.717) is 5.56 Å². The summed E-state index contributed by atoms with van der Waals surface area (Å²) in [5.41, 5.74) is 1.44. The molecule has 0 aromatic heterocycles. The Kier molecular flexibility index (Phi) is 5.34. The molecule has 17 heavy (non-hydrogen) atoms. The molecular formula is C12H19O4P. The van der Waals surface area contributed by atoms with Gasteiger partial charge in [0, 0.05) is 0 Å². The largest absolute Gasteiger partial charge is 0.376 e. The highest BCUT2D eigenvalue weighted by atomic mass is 31.2. The van der Waals surface area contributed by atoms with Gasteiger partial charge < -0.3 is 14.2 Å². The molecule has 1 N–H and O–H groups in total. The summed E-state index contributed by atoms with van der Waals surface area (Å²) in [7, 11) is -3.50. The van der Waals surface area contributed by atoms with Crippen LogP contribution in [0.1, 0.15) is 30.8 Å². The Morgan fingerprint density at radius 2 is 1.76 bits per heavy atom. The number of aryl methyl sites for hydroxylation is 1. The van der Waals surface area contributed by atoms with Crippen LogP contribution in [0.4, 0.5) is 0 Å². The first-order valence-corrected chi connectivity index (χ1v) is 7.28. The third kappa shape index (κ3) is 3.39. The Bertz CT molecular complexity index is 395. The molecule has 96 valence electrons. The molecule has 0 saturated heterocycles. The van der Waals surface area contributed by atoms with E-state index in [2.05, 4.69) is 0 Å². The molecule has 0 heterocycles. The lowest BCUT2D eigenvalue weighted by atomic mass is 10.1. The van der Waals surface area contributed by atoms with Gasteiger partial charge in [0.2, 0.25) is 0 Å². The van der Waals surface area contributed by atoms with Crippen LogP contribution in [0.5, 0.6) is 0 Å². The van der Waals surface area contributed by atoms with E-state index < -0.39 is 13.4 Å². The maximum absolute atomic E-state index is 12.4. The van der Waals surface area contributed by atoms with Crippen LogP contribution in [0.2, 0.25) is 0 Å². The van der Waals surface area contributed by atoms with Crippen LogP contribution in [0.3, 0.4) is 0 Å². The summed E-state index contributed by atoms with van der Waals surface area (Å²) < 4.78 is 22.6. The second-order valence-electron chi connectivity index (χ2n) is 3.61. The molecule has 0 unspecified atom stereocenters. The van der Waals surface area contributed by atoms with Gasteiger partial charge in [-0.2, -0.15) is 0 Å². The van der Waals surface area contributed by atoms with Crippen LogP contribution in [-0.4, -0.2) is 18.3 Å². The lowest BCUT2D eigenvalue weighted by molar-refractivity contribution is 0.150. The summed E-state index contributed by atoms with van der Waals surface area (Å²) in [6.07, 6.45) is 0. The third-order valence-corrected chi connectivity index (χ3v) is 4.50. The van der Waals surface area contributed by atoms with Gasteiger partial charge in [-0.3, -0.25) is 4.57 Å². The van der Waals surface area contributed by atoms with Crippen LogP contribution in [0, 0.1) is 6.92 Å². The van der Waals surface area contributed by atoms with Crippen LogP contribution >= 0.6 is 7.60 Å². The van der Waals surface area contributed by atoms with Gasteiger partial charge in [-0.1, -0.05) is 24.3 Å². The summed E-state index contributed by atoms with van der Waals surface area (Å²) in [4.78, 5) is 0. The lowest BCUT2D eigenvalue weighted by Gasteiger charge is -2.23. The van der Waals surface area contributed by atoms with Crippen molar-refractivity contribution in [2.24, 2.45) is 0 Å². The molecule has 0 bridgehead atoms. The lowest BCUT2D eigenvalue weighted by Crippen LogP contribution is -2.07. The number of aliphatic hydroxyl groups excluding tert-OH is 1. The quantitative estimate of drug-likeness (QED) is 0.796. The summed E-state index contributed by atoms with van der Waals surface area (Å²) in [5, 5.41) is 10.2. The Balaban J connectivity index is 3.04. The fourth-order valence-corrected chi connectivity index (χ4v) is 3.29. The monoisotopic (exact) mass is 258 g/mol. The average molecular weight is 258 g/mol. The first-order valence-electron chi connectivity index (χ1n) is 5.67. The van der Waals surface area contributed by atoms with Crippen molar-refractivity contribution >= 4 is 7.60 Å². The molecule has 4 nitrogen and oxygen atoms in total. The molecule has 0 radical (unpaired) electrons. The van der Waals surface area contributed by atoms with Crippen molar-refractivity contribution in [2.45, 2.75) is 26.6 Å². The van der Waals surface area contributed by atoms with Crippen LogP contribution < -0.4 is 0 Å². The maximum Gasteiger partial charge on any atom is 0.363 e. The van der Waals surface area contributed by atoms with Gasteiger partial charge in [0.25, 0.3) is 0 Å². The highest BCUT2D eigenvalue weighted by Gasteiger charge is 2.35. The highest BCUT2D eigenvalue weighted by molar-refractivity contribution is 7.54. The number of hydrogen-bond acceptors (Lipinski definition) is 4. The molecule has 0 saturated carbocycles. The average Bonchev–Trinajstić information content (AvgIpc) is 2.29. The third-order valence-electron chi connectivity index (χ3n) is 2.38. The van der Waals surface area contributed by atoms with Gasteiger partial charge >= 0.3 is 7.60 Å². The van der Waals surface area contributed by atoms with Gasteiger partial charge in [0.05, 0.1) is 13.2 Å². The van der Waals surface area contributed by atoms with Crippen LogP contribution in [0.25, 0.3) is 0 Å². The van der Waals surface area contributed by atoms with E-state index in [1.165, 1.54) is 0 Å². The summed E-state index contributed by atoms with van der Waals surface area (Å²) >= 11 is 0. The van der Waals surface area contributed by atoms with E-state index in [0.717, 1.165) is 5.56 Å². The van der Waals surface area contributed by atoms with E-state index in [4.69, 9.17) is 9.05 Å². The molecule has 5 heteroatoms. The zero-order valence-corrected chi connectivity index (χ0v) is 11.3. The second kappa shape index (κ2) is 6.31. The normalized spacial score (nSPS) is 13.6. The summed E-state index contributed by atoms with van der Waals surface area (Å²) in [6, 6.07) is 7.22. The van der Waals surface area contributed by atoms with Crippen molar-refractivity contribution in [3.8, 4) is 0 Å². The smallest absolute Gasteiger partial charge is 0.363 e. The predicted molar refractivity (Wildman–Crippen MR) is 67.0 cm³/mol. The van der Waals surface area contributed by atoms with Crippen molar-refractivity contribution in [3.05, 3.63) is 35.4 Å². The van der Waals surface area contributed by atoms with Crippen molar-refractivity contribution in [3.63, 3.8) is 0 Å². The molecule has 1 aromatic rings. The van der Waals surface area contributed by atoms with Crippen molar-refractivity contribution in [2.75, 3.05) is 13.2 Å². The zero-order valence-electron chi connectivity index (χ0n) is 10.4.